The first-order valence-corrected chi connectivity index (χ1v) is 7.92. The summed E-state index contributed by atoms with van der Waals surface area (Å²) in [6.07, 6.45) is 0.465. The normalized spacial score (nSPS) is 20.0. The monoisotopic (exact) mass is 336 g/mol. The third-order valence-electron chi connectivity index (χ3n) is 4.22. The number of urea groups is 1. The Hall–Kier alpha value is -2.28. The van der Waals surface area contributed by atoms with Gasteiger partial charge in [0.1, 0.15) is 12.4 Å². The molecule has 1 aliphatic rings. The standard InChI is InChI=1S/C17H24N2O5/c1-17(15(20)21)7-8-19(12-17)16(22)18-11-13-5-3-4-6-14(13)24-10-9-23-2/h3-6H,7-12H2,1-2H3,(H,18,22)(H,20,21). The molecule has 1 atom stereocenters. The minimum atomic E-state index is -0.866. The zero-order valence-corrected chi connectivity index (χ0v) is 14.1. The van der Waals surface area contributed by atoms with Gasteiger partial charge in [0.2, 0.25) is 0 Å². The molecule has 132 valence electrons. The predicted molar refractivity (Wildman–Crippen MR) is 88.0 cm³/mol. The van der Waals surface area contributed by atoms with Crippen LogP contribution in [0.25, 0.3) is 0 Å². The van der Waals surface area contributed by atoms with Gasteiger partial charge in [0, 0.05) is 32.3 Å². The van der Waals surface area contributed by atoms with E-state index in [1.807, 2.05) is 24.3 Å². The van der Waals surface area contributed by atoms with Gasteiger partial charge in [-0.15, -0.1) is 0 Å². The lowest BCUT2D eigenvalue weighted by Gasteiger charge is -2.21. The van der Waals surface area contributed by atoms with Crippen LogP contribution >= 0.6 is 0 Å². The lowest BCUT2D eigenvalue weighted by atomic mass is 9.90. The highest BCUT2D eigenvalue weighted by molar-refractivity contribution is 5.79. The number of hydrogen-bond donors (Lipinski definition) is 2. The Morgan fingerprint density at radius 3 is 2.75 bits per heavy atom. The van der Waals surface area contributed by atoms with Crippen molar-refractivity contribution in [3.8, 4) is 5.75 Å². The summed E-state index contributed by atoms with van der Waals surface area (Å²) in [6.45, 7) is 3.58. The van der Waals surface area contributed by atoms with Crippen LogP contribution < -0.4 is 10.1 Å². The zero-order valence-electron chi connectivity index (χ0n) is 14.1. The number of likely N-dealkylation sites (tertiary alicyclic amines) is 1. The van der Waals surface area contributed by atoms with Crippen LogP contribution in [0.15, 0.2) is 24.3 Å². The van der Waals surface area contributed by atoms with Gasteiger partial charge in [-0.1, -0.05) is 18.2 Å². The van der Waals surface area contributed by atoms with E-state index in [2.05, 4.69) is 5.32 Å². The van der Waals surface area contributed by atoms with Crippen molar-refractivity contribution in [1.29, 1.82) is 0 Å². The molecule has 0 saturated carbocycles. The highest BCUT2D eigenvalue weighted by Gasteiger charge is 2.42. The molecule has 24 heavy (non-hydrogen) atoms. The Morgan fingerprint density at radius 2 is 2.08 bits per heavy atom. The average Bonchev–Trinajstić information content (AvgIpc) is 2.98. The number of nitrogens with one attached hydrogen (secondary N) is 1. The molecular weight excluding hydrogens is 312 g/mol. The minimum absolute atomic E-state index is 0.222. The van der Waals surface area contributed by atoms with Crippen LogP contribution in [0.3, 0.4) is 0 Å². The highest BCUT2D eigenvalue weighted by Crippen LogP contribution is 2.30. The molecule has 1 heterocycles. The predicted octanol–water partition coefficient (Wildman–Crippen LogP) is 1.72. The number of carboxylic acids is 1. The molecule has 0 bridgehead atoms. The molecule has 2 rings (SSSR count). The fraction of sp³-hybridized carbons (Fsp3) is 0.529. The number of para-hydroxylation sites is 1. The first-order valence-electron chi connectivity index (χ1n) is 7.92. The lowest BCUT2D eigenvalue weighted by Crippen LogP contribution is -2.40. The van der Waals surface area contributed by atoms with Crippen LogP contribution in [0.2, 0.25) is 0 Å². The molecule has 1 aliphatic heterocycles. The van der Waals surface area contributed by atoms with Gasteiger partial charge in [-0.2, -0.15) is 0 Å². The van der Waals surface area contributed by atoms with Crippen molar-refractivity contribution >= 4 is 12.0 Å². The summed E-state index contributed by atoms with van der Waals surface area (Å²) in [7, 11) is 1.61. The zero-order chi connectivity index (χ0) is 17.6. The van der Waals surface area contributed by atoms with E-state index in [0.29, 0.717) is 38.5 Å². The molecule has 1 unspecified atom stereocenters. The summed E-state index contributed by atoms with van der Waals surface area (Å²) in [5, 5.41) is 12.1. The molecule has 0 radical (unpaired) electrons. The fourth-order valence-electron chi connectivity index (χ4n) is 2.62. The van der Waals surface area contributed by atoms with Gasteiger partial charge in [-0.25, -0.2) is 4.79 Å². The number of carbonyl (C=O) groups excluding carboxylic acids is 1. The second kappa shape index (κ2) is 8.01. The molecule has 1 aromatic carbocycles. The van der Waals surface area contributed by atoms with Gasteiger partial charge in [0.05, 0.1) is 12.0 Å². The Balaban J connectivity index is 1.89. The summed E-state index contributed by atoms with van der Waals surface area (Å²) in [5.74, 6) is -0.165. The Bertz CT molecular complexity index is 592. The van der Waals surface area contributed by atoms with E-state index in [1.54, 1.807) is 18.9 Å². The molecule has 0 aliphatic carbocycles. The van der Waals surface area contributed by atoms with Gasteiger partial charge in [-0.05, 0) is 19.4 Å². The van der Waals surface area contributed by atoms with E-state index in [9.17, 15) is 14.7 Å². The maximum Gasteiger partial charge on any atom is 0.317 e. The van der Waals surface area contributed by atoms with E-state index < -0.39 is 11.4 Å². The van der Waals surface area contributed by atoms with E-state index in [1.165, 1.54) is 0 Å². The first-order chi connectivity index (χ1) is 11.5. The van der Waals surface area contributed by atoms with Gasteiger partial charge >= 0.3 is 12.0 Å². The van der Waals surface area contributed by atoms with Gasteiger partial charge in [0.25, 0.3) is 0 Å². The molecule has 0 spiro atoms. The van der Waals surface area contributed by atoms with E-state index in [4.69, 9.17) is 9.47 Å². The highest BCUT2D eigenvalue weighted by atomic mass is 16.5. The summed E-state index contributed by atoms with van der Waals surface area (Å²) >= 11 is 0. The fourth-order valence-corrected chi connectivity index (χ4v) is 2.62. The second-order valence-corrected chi connectivity index (χ2v) is 6.15. The number of methoxy groups -OCH3 is 1. The number of benzene rings is 1. The van der Waals surface area contributed by atoms with E-state index in [0.717, 1.165) is 5.56 Å². The van der Waals surface area contributed by atoms with Crippen molar-refractivity contribution in [3.05, 3.63) is 29.8 Å². The second-order valence-electron chi connectivity index (χ2n) is 6.15. The molecule has 7 heteroatoms. The van der Waals surface area contributed by atoms with Crippen molar-refractivity contribution in [2.45, 2.75) is 19.9 Å². The van der Waals surface area contributed by atoms with Gasteiger partial charge in [-0.3, -0.25) is 4.79 Å². The number of carbonyl (C=O) groups is 2. The quantitative estimate of drug-likeness (QED) is 0.740. The molecule has 1 fully saturated rings. The molecular formula is C17H24N2O5. The van der Waals surface area contributed by atoms with Crippen molar-refractivity contribution in [2.24, 2.45) is 5.41 Å². The van der Waals surface area contributed by atoms with E-state index in [-0.39, 0.29) is 12.6 Å². The van der Waals surface area contributed by atoms with E-state index >= 15 is 0 Å². The molecule has 0 aromatic heterocycles. The number of hydrogen-bond acceptors (Lipinski definition) is 4. The summed E-state index contributed by atoms with van der Waals surface area (Å²) in [4.78, 5) is 25.1. The van der Waals surface area contributed by atoms with Crippen molar-refractivity contribution in [3.63, 3.8) is 0 Å². The molecule has 2 amide bonds. The maximum absolute atomic E-state index is 12.3. The van der Waals surface area contributed by atoms with Crippen molar-refractivity contribution in [1.82, 2.24) is 10.2 Å². The van der Waals surface area contributed by atoms with Crippen LogP contribution in [0.4, 0.5) is 4.79 Å². The summed E-state index contributed by atoms with van der Waals surface area (Å²) in [6, 6.07) is 7.21. The number of aliphatic carboxylic acids is 1. The lowest BCUT2D eigenvalue weighted by molar-refractivity contribution is -0.147. The molecule has 1 saturated heterocycles. The number of amides is 2. The number of rotatable bonds is 7. The SMILES string of the molecule is COCCOc1ccccc1CNC(=O)N1CCC(C)(C(=O)O)C1. The van der Waals surface area contributed by atoms with Crippen molar-refractivity contribution in [2.75, 3.05) is 33.4 Å². The summed E-state index contributed by atoms with van der Waals surface area (Å²) in [5.41, 5.74) is 0.000510. The Morgan fingerprint density at radius 1 is 1.33 bits per heavy atom. The van der Waals surface area contributed by atoms with Crippen molar-refractivity contribution < 1.29 is 24.2 Å². The first kappa shape index (κ1) is 18.1. The van der Waals surface area contributed by atoms with Gasteiger partial charge in [0.15, 0.2) is 0 Å². The van der Waals surface area contributed by atoms with Crippen LogP contribution in [-0.4, -0.2) is 55.4 Å². The largest absolute Gasteiger partial charge is 0.491 e. The minimum Gasteiger partial charge on any atom is -0.491 e. The van der Waals surface area contributed by atoms with Crippen LogP contribution in [0.5, 0.6) is 5.75 Å². The summed E-state index contributed by atoms with van der Waals surface area (Å²) < 4.78 is 10.6. The Labute approximate surface area is 141 Å². The number of carboxylic acid groups (broad SMARTS) is 1. The van der Waals surface area contributed by atoms with Crippen LogP contribution in [0, 0.1) is 5.41 Å². The molecule has 1 aromatic rings. The Kier molecular flexibility index (Phi) is 6.03. The maximum atomic E-state index is 12.3. The number of ether oxygens (including phenoxy) is 2. The smallest absolute Gasteiger partial charge is 0.317 e. The average molecular weight is 336 g/mol. The number of nitrogens with zero attached hydrogens (tertiary/aromatic N) is 1. The van der Waals surface area contributed by atoms with Crippen LogP contribution in [-0.2, 0) is 16.1 Å². The third kappa shape index (κ3) is 4.38. The molecule has 7 nitrogen and oxygen atoms in total. The topological polar surface area (TPSA) is 88.1 Å². The molecule has 2 N–H and O–H groups in total. The van der Waals surface area contributed by atoms with Gasteiger partial charge < -0.3 is 24.8 Å². The van der Waals surface area contributed by atoms with Crippen LogP contribution in [0.1, 0.15) is 18.9 Å². The third-order valence-corrected chi connectivity index (χ3v) is 4.22.